The second-order valence-electron chi connectivity index (χ2n) is 7.50. The largest absolute Gasteiger partial charge is 0.495 e. The number of carbonyl (C=O) groups excluding carboxylic acids is 3. The minimum absolute atomic E-state index is 0.0636. The van der Waals surface area contributed by atoms with E-state index in [0.29, 0.717) is 29.2 Å². The number of quaternary nitrogens is 1. The minimum Gasteiger partial charge on any atom is -0.495 e. The van der Waals surface area contributed by atoms with Crippen LogP contribution in [-0.4, -0.2) is 51.6 Å². The summed E-state index contributed by atoms with van der Waals surface area (Å²) in [6, 6.07) is 13.9. The first kappa shape index (κ1) is 22.3. The highest BCUT2D eigenvalue weighted by atomic mass is 16.5. The maximum atomic E-state index is 12.5. The molecule has 3 N–H and O–H groups in total. The van der Waals surface area contributed by atoms with E-state index in [4.69, 9.17) is 9.47 Å². The molecule has 2 amide bonds. The van der Waals surface area contributed by atoms with Gasteiger partial charge in [0.05, 0.1) is 38.9 Å². The van der Waals surface area contributed by atoms with E-state index in [-0.39, 0.29) is 23.7 Å². The van der Waals surface area contributed by atoms with Crippen molar-refractivity contribution in [3.05, 3.63) is 54.1 Å². The standard InChI is InChI=1S/C23H27N3O5/c1-30-20-6-4-3-5-19(20)25-22(28)16-7-9-18(10-8-16)24-21(27)15-26-13-11-17(12-14-26)23(29)31-2/h3-10,17H,11-15H2,1-2H3,(H,24,27)(H,25,28)/p+1. The van der Waals surface area contributed by atoms with Crippen LogP contribution in [0.4, 0.5) is 11.4 Å². The van der Waals surface area contributed by atoms with Gasteiger partial charge >= 0.3 is 5.97 Å². The smallest absolute Gasteiger partial charge is 0.309 e. The number of esters is 1. The molecule has 0 saturated carbocycles. The van der Waals surface area contributed by atoms with Crippen LogP contribution in [0.5, 0.6) is 5.75 Å². The fraction of sp³-hybridized carbons (Fsp3) is 0.348. The van der Waals surface area contributed by atoms with E-state index >= 15 is 0 Å². The third kappa shape index (κ3) is 6.05. The second-order valence-corrected chi connectivity index (χ2v) is 7.50. The molecule has 1 saturated heterocycles. The van der Waals surface area contributed by atoms with Gasteiger partial charge in [0.1, 0.15) is 5.75 Å². The van der Waals surface area contributed by atoms with E-state index < -0.39 is 0 Å². The zero-order valence-corrected chi connectivity index (χ0v) is 17.8. The highest BCUT2D eigenvalue weighted by molar-refractivity contribution is 6.05. The summed E-state index contributed by atoms with van der Waals surface area (Å²) in [6.45, 7) is 1.86. The molecule has 2 aromatic rings. The van der Waals surface area contributed by atoms with Crippen molar-refractivity contribution in [2.45, 2.75) is 12.8 Å². The Morgan fingerprint density at radius 1 is 0.968 bits per heavy atom. The van der Waals surface area contributed by atoms with E-state index in [2.05, 4.69) is 10.6 Å². The molecule has 8 nitrogen and oxygen atoms in total. The van der Waals surface area contributed by atoms with Crippen LogP contribution >= 0.6 is 0 Å². The van der Waals surface area contributed by atoms with Gasteiger partial charge in [0.2, 0.25) is 0 Å². The molecule has 1 fully saturated rings. The molecule has 1 aliphatic rings. The van der Waals surface area contributed by atoms with Gasteiger partial charge in [-0.2, -0.15) is 0 Å². The van der Waals surface area contributed by atoms with Crippen molar-refractivity contribution < 1.29 is 28.8 Å². The molecule has 164 valence electrons. The van der Waals surface area contributed by atoms with Crippen LogP contribution in [0, 0.1) is 5.92 Å². The Morgan fingerprint density at radius 2 is 1.65 bits per heavy atom. The monoisotopic (exact) mass is 426 g/mol. The Labute approximate surface area is 181 Å². The minimum atomic E-state index is -0.264. The van der Waals surface area contributed by atoms with Crippen LogP contribution in [0.15, 0.2) is 48.5 Å². The topological polar surface area (TPSA) is 98.2 Å². The number of carbonyl (C=O) groups is 3. The van der Waals surface area contributed by atoms with Crippen LogP contribution < -0.4 is 20.3 Å². The number of piperidine rings is 1. The lowest BCUT2D eigenvalue weighted by atomic mass is 9.97. The predicted molar refractivity (Wildman–Crippen MR) is 116 cm³/mol. The van der Waals surface area contributed by atoms with Gasteiger partial charge < -0.3 is 25.0 Å². The molecule has 31 heavy (non-hydrogen) atoms. The fourth-order valence-electron chi connectivity index (χ4n) is 3.68. The number of rotatable bonds is 7. The van der Waals surface area contributed by atoms with Crippen molar-refractivity contribution in [2.75, 3.05) is 44.5 Å². The average Bonchev–Trinajstić information content (AvgIpc) is 2.79. The van der Waals surface area contributed by atoms with Crippen LogP contribution in [0.1, 0.15) is 23.2 Å². The Balaban J connectivity index is 1.49. The number of nitrogens with one attached hydrogen (secondary N) is 3. The van der Waals surface area contributed by atoms with Crippen LogP contribution in [0.3, 0.4) is 0 Å². The highest BCUT2D eigenvalue weighted by Crippen LogP contribution is 2.23. The van der Waals surface area contributed by atoms with E-state index in [1.807, 2.05) is 12.1 Å². The number of anilines is 2. The van der Waals surface area contributed by atoms with Gasteiger partial charge in [-0.3, -0.25) is 14.4 Å². The molecule has 3 rings (SSSR count). The summed E-state index contributed by atoms with van der Waals surface area (Å²) in [6.07, 6.45) is 1.45. The number of benzene rings is 2. The number of amides is 2. The number of ether oxygens (including phenoxy) is 2. The maximum absolute atomic E-state index is 12.5. The number of para-hydroxylation sites is 2. The lowest BCUT2D eigenvalue weighted by Crippen LogP contribution is -3.14. The Morgan fingerprint density at radius 3 is 2.29 bits per heavy atom. The van der Waals surface area contributed by atoms with Crippen molar-refractivity contribution in [1.82, 2.24) is 0 Å². The van der Waals surface area contributed by atoms with E-state index in [9.17, 15) is 14.4 Å². The highest BCUT2D eigenvalue weighted by Gasteiger charge is 2.29. The molecule has 0 unspecified atom stereocenters. The Bertz CT molecular complexity index is 921. The molecule has 0 radical (unpaired) electrons. The summed E-state index contributed by atoms with van der Waals surface area (Å²) in [7, 11) is 2.95. The van der Waals surface area contributed by atoms with Crippen molar-refractivity contribution in [3.8, 4) is 5.75 Å². The normalized spacial score (nSPS) is 18.0. The molecule has 0 aromatic heterocycles. The molecule has 0 bridgehead atoms. The molecule has 1 aliphatic heterocycles. The number of hydrogen-bond acceptors (Lipinski definition) is 5. The van der Waals surface area contributed by atoms with Gasteiger partial charge in [-0.15, -0.1) is 0 Å². The molecule has 0 aliphatic carbocycles. The molecule has 1 heterocycles. The summed E-state index contributed by atoms with van der Waals surface area (Å²) in [5, 5.41) is 5.69. The van der Waals surface area contributed by atoms with Gasteiger partial charge in [0.25, 0.3) is 11.8 Å². The summed E-state index contributed by atoms with van der Waals surface area (Å²) < 4.78 is 10.0. The maximum Gasteiger partial charge on any atom is 0.309 e. The van der Waals surface area contributed by atoms with Crippen LogP contribution in [-0.2, 0) is 14.3 Å². The summed E-state index contributed by atoms with van der Waals surface area (Å²) in [5.74, 6) is -0.0133. The third-order valence-corrected chi connectivity index (χ3v) is 5.42. The lowest BCUT2D eigenvalue weighted by Gasteiger charge is -2.27. The van der Waals surface area contributed by atoms with Gasteiger partial charge in [0.15, 0.2) is 6.54 Å². The second kappa shape index (κ2) is 10.6. The number of hydrogen-bond donors (Lipinski definition) is 3. The molecular formula is C23H28N3O5+. The van der Waals surface area contributed by atoms with E-state index in [0.717, 1.165) is 30.8 Å². The molecule has 2 aromatic carbocycles. The van der Waals surface area contributed by atoms with Crippen LogP contribution in [0.25, 0.3) is 0 Å². The SMILES string of the molecule is COC(=O)C1CC[NH+](CC(=O)Nc2ccc(C(=O)Nc3ccccc3OC)cc2)CC1. The quantitative estimate of drug-likeness (QED) is 0.581. The number of likely N-dealkylation sites (tertiary alicyclic amines) is 1. The summed E-state index contributed by atoms with van der Waals surface area (Å²) >= 11 is 0. The van der Waals surface area contributed by atoms with Gasteiger partial charge in [-0.25, -0.2) is 0 Å². The number of methoxy groups -OCH3 is 2. The predicted octanol–water partition coefficient (Wildman–Crippen LogP) is 1.35. The van der Waals surface area contributed by atoms with Crippen LogP contribution in [0.2, 0.25) is 0 Å². The van der Waals surface area contributed by atoms with E-state index in [1.165, 1.54) is 7.11 Å². The van der Waals surface area contributed by atoms with Crippen molar-refractivity contribution in [3.63, 3.8) is 0 Å². The Kier molecular flexibility index (Phi) is 7.61. The molecular weight excluding hydrogens is 398 g/mol. The van der Waals surface area contributed by atoms with Crippen molar-refractivity contribution >= 4 is 29.2 Å². The fourth-order valence-corrected chi connectivity index (χ4v) is 3.68. The average molecular weight is 426 g/mol. The van der Waals surface area contributed by atoms with Crippen molar-refractivity contribution in [1.29, 1.82) is 0 Å². The first-order valence-corrected chi connectivity index (χ1v) is 10.3. The van der Waals surface area contributed by atoms with Gasteiger partial charge in [-0.05, 0) is 36.4 Å². The zero-order chi connectivity index (χ0) is 22.2. The molecule has 0 atom stereocenters. The first-order valence-electron chi connectivity index (χ1n) is 10.3. The van der Waals surface area contributed by atoms with E-state index in [1.54, 1.807) is 43.5 Å². The van der Waals surface area contributed by atoms with Crippen molar-refractivity contribution in [2.24, 2.45) is 5.92 Å². The lowest BCUT2D eigenvalue weighted by molar-refractivity contribution is -0.897. The first-order chi connectivity index (χ1) is 15.0. The van der Waals surface area contributed by atoms with Gasteiger partial charge in [0, 0.05) is 24.1 Å². The zero-order valence-electron chi connectivity index (χ0n) is 17.8. The summed E-state index contributed by atoms with van der Waals surface area (Å²) in [5.41, 5.74) is 1.69. The Hall–Kier alpha value is -3.39. The van der Waals surface area contributed by atoms with Gasteiger partial charge in [-0.1, -0.05) is 12.1 Å². The summed E-state index contributed by atoms with van der Waals surface area (Å²) in [4.78, 5) is 37.6. The molecule has 0 spiro atoms. The third-order valence-electron chi connectivity index (χ3n) is 5.42. The molecule has 8 heteroatoms.